The summed E-state index contributed by atoms with van der Waals surface area (Å²) in [6.07, 6.45) is 0. The van der Waals surface area contributed by atoms with Gasteiger partial charge in [-0.15, -0.1) is 0 Å². The Morgan fingerprint density at radius 1 is 1.24 bits per heavy atom. The van der Waals surface area contributed by atoms with Crippen molar-refractivity contribution in [3.63, 3.8) is 0 Å². The fourth-order valence-electron chi connectivity index (χ4n) is 2.33. The molecule has 0 aliphatic carbocycles. The van der Waals surface area contributed by atoms with Crippen molar-refractivity contribution in [2.24, 2.45) is 0 Å². The van der Waals surface area contributed by atoms with Crippen LogP contribution in [0, 0.1) is 0 Å². The number of esters is 1. The molecule has 1 aliphatic rings. The van der Waals surface area contributed by atoms with Gasteiger partial charge in [0.15, 0.2) is 11.3 Å². The van der Waals surface area contributed by atoms with E-state index in [1.165, 1.54) is 19.2 Å². The summed E-state index contributed by atoms with van der Waals surface area (Å²) in [7, 11) is 1.30. The van der Waals surface area contributed by atoms with Crippen LogP contribution in [0.3, 0.4) is 0 Å². The number of nitrogens with zero attached hydrogens (tertiary/aromatic N) is 1. The molecule has 1 aromatic heterocycles. The van der Waals surface area contributed by atoms with Crippen LogP contribution in [0.25, 0.3) is 11.0 Å². The van der Waals surface area contributed by atoms with Crippen LogP contribution in [0.2, 0.25) is 0 Å². The van der Waals surface area contributed by atoms with Gasteiger partial charge in [0.1, 0.15) is 5.58 Å². The van der Waals surface area contributed by atoms with E-state index >= 15 is 0 Å². The van der Waals surface area contributed by atoms with E-state index in [9.17, 15) is 9.59 Å². The zero-order chi connectivity index (χ0) is 14.8. The van der Waals surface area contributed by atoms with Gasteiger partial charge in [-0.25, -0.2) is 4.79 Å². The monoisotopic (exact) mass is 289 g/mol. The second-order valence-corrected chi connectivity index (χ2v) is 4.75. The Labute approximate surface area is 120 Å². The molecule has 0 bridgehead atoms. The molecule has 6 nitrogen and oxygen atoms in total. The molecule has 0 radical (unpaired) electrons. The van der Waals surface area contributed by atoms with Crippen LogP contribution in [0.15, 0.2) is 33.5 Å². The Morgan fingerprint density at radius 3 is 2.71 bits per heavy atom. The maximum atomic E-state index is 12.2. The quantitative estimate of drug-likeness (QED) is 0.779. The van der Waals surface area contributed by atoms with Gasteiger partial charge in [-0.3, -0.25) is 4.79 Å². The van der Waals surface area contributed by atoms with Crippen LogP contribution in [0.1, 0.15) is 10.4 Å². The third kappa shape index (κ3) is 2.62. The molecule has 2 heterocycles. The van der Waals surface area contributed by atoms with Gasteiger partial charge >= 0.3 is 5.97 Å². The Kier molecular flexibility index (Phi) is 3.62. The van der Waals surface area contributed by atoms with Gasteiger partial charge in [0, 0.05) is 19.2 Å². The van der Waals surface area contributed by atoms with Gasteiger partial charge in [-0.2, -0.15) is 0 Å². The maximum Gasteiger partial charge on any atom is 0.337 e. The number of carbonyl (C=O) groups excluding carboxylic acids is 1. The Balaban J connectivity index is 2.04. The molecule has 0 amide bonds. The molecule has 0 unspecified atom stereocenters. The number of rotatable bonds is 2. The standard InChI is InChI=1S/C15H15NO5/c1-19-15(18)10-2-3-13-11(8-10)12(17)9-14(21-13)16-4-6-20-7-5-16/h2-3,8-9H,4-7H2,1H3. The lowest BCUT2D eigenvalue weighted by atomic mass is 10.1. The first-order valence-corrected chi connectivity index (χ1v) is 6.68. The summed E-state index contributed by atoms with van der Waals surface area (Å²) in [6, 6.07) is 6.15. The first-order valence-electron chi connectivity index (χ1n) is 6.68. The van der Waals surface area contributed by atoms with Gasteiger partial charge in [-0.05, 0) is 18.2 Å². The molecule has 0 N–H and O–H groups in total. The van der Waals surface area contributed by atoms with E-state index in [0.717, 1.165) is 0 Å². The molecule has 0 spiro atoms. The smallest absolute Gasteiger partial charge is 0.337 e. The first kappa shape index (κ1) is 13.6. The number of benzene rings is 1. The number of hydrogen-bond acceptors (Lipinski definition) is 6. The summed E-state index contributed by atoms with van der Waals surface area (Å²) in [6.45, 7) is 2.61. The third-order valence-electron chi connectivity index (χ3n) is 3.46. The molecule has 1 aliphatic heterocycles. The van der Waals surface area contributed by atoms with E-state index in [-0.39, 0.29) is 5.43 Å². The highest BCUT2D eigenvalue weighted by atomic mass is 16.5. The van der Waals surface area contributed by atoms with Gasteiger partial charge in [0.2, 0.25) is 0 Å². The minimum atomic E-state index is -0.478. The Morgan fingerprint density at radius 2 is 2.00 bits per heavy atom. The number of anilines is 1. The van der Waals surface area contributed by atoms with Crippen LogP contribution < -0.4 is 10.3 Å². The van der Waals surface area contributed by atoms with E-state index < -0.39 is 5.97 Å². The molecular weight excluding hydrogens is 274 g/mol. The summed E-state index contributed by atoms with van der Waals surface area (Å²) in [5.74, 6) is 0.0511. The zero-order valence-corrected chi connectivity index (χ0v) is 11.6. The number of hydrogen-bond donors (Lipinski definition) is 0. The predicted octanol–water partition coefficient (Wildman–Crippen LogP) is 1.42. The van der Waals surface area contributed by atoms with Gasteiger partial charge in [0.25, 0.3) is 0 Å². The lowest BCUT2D eigenvalue weighted by molar-refractivity contribution is 0.0601. The number of carbonyl (C=O) groups is 1. The first-order chi connectivity index (χ1) is 10.2. The fraction of sp³-hybridized carbons (Fsp3) is 0.333. The van der Waals surface area contributed by atoms with Crippen LogP contribution in [-0.2, 0) is 9.47 Å². The molecule has 0 saturated carbocycles. The zero-order valence-electron chi connectivity index (χ0n) is 11.6. The van der Waals surface area contributed by atoms with Crippen LogP contribution >= 0.6 is 0 Å². The summed E-state index contributed by atoms with van der Waals surface area (Å²) in [5.41, 5.74) is 0.608. The second kappa shape index (κ2) is 5.57. The van der Waals surface area contributed by atoms with E-state index in [4.69, 9.17) is 9.15 Å². The normalized spacial score (nSPS) is 15.2. The summed E-state index contributed by atoms with van der Waals surface area (Å²) in [5, 5.41) is 0.370. The van der Waals surface area contributed by atoms with Crippen LogP contribution in [-0.4, -0.2) is 39.4 Å². The van der Waals surface area contributed by atoms with E-state index in [2.05, 4.69) is 4.74 Å². The number of fused-ring (bicyclic) bond motifs is 1. The van der Waals surface area contributed by atoms with Crippen molar-refractivity contribution in [2.45, 2.75) is 0 Å². The van der Waals surface area contributed by atoms with Crippen molar-refractivity contribution in [1.29, 1.82) is 0 Å². The molecule has 2 aromatic rings. The summed E-state index contributed by atoms with van der Waals surface area (Å²) >= 11 is 0. The van der Waals surface area contributed by atoms with Crippen molar-refractivity contribution in [2.75, 3.05) is 38.3 Å². The number of methoxy groups -OCH3 is 1. The van der Waals surface area contributed by atoms with E-state index in [1.54, 1.807) is 12.1 Å². The number of morpholine rings is 1. The van der Waals surface area contributed by atoms with Crippen LogP contribution in [0.4, 0.5) is 5.88 Å². The average Bonchev–Trinajstić information content (AvgIpc) is 2.54. The molecule has 6 heteroatoms. The summed E-state index contributed by atoms with van der Waals surface area (Å²) in [4.78, 5) is 25.7. The lowest BCUT2D eigenvalue weighted by Crippen LogP contribution is -2.36. The second-order valence-electron chi connectivity index (χ2n) is 4.75. The molecule has 110 valence electrons. The minimum Gasteiger partial charge on any atom is -0.465 e. The fourth-order valence-corrected chi connectivity index (χ4v) is 2.33. The molecule has 1 fully saturated rings. The highest BCUT2D eigenvalue weighted by Gasteiger charge is 2.16. The van der Waals surface area contributed by atoms with Gasteiger partial charge in [-0.1, -0.05) is 0 Å². The molecule has 1 saturated heterocycles. The molecule has 0 atom stereocenters. The van der Waals surface area contributed by atoms with Crippen molar-refractivity contribution in [3.05, 3.63) is 40.1 Å². The van der Waals surface area contributed by atoms with E-state index in [1.807, 2.05) is 4.90 Å². The van der Waals surface area contributed by atoms with Gasteiger partial charge < -0.3 is 18.8 Å². The third-order valence-corrected chi connectivity index (χ3v) is 3.46. The molecular formula is C15H15NO5. The lowest BCUT2D eigenvalue weighted by Gasteiger charge is -2.27. The van der Waals surface area contributed by atoms with Crippen LogP contribution in [0.5, 0.6) is 0 Å². The molecule has 21 heavy (non-hydrogen) atoms. The average molecular weight is 289 g/mol. The topological polar surface area (TPSA) is 69.0 Å². The maximum absolute atomic E-state index is 12.2. The van der Waals surface area contributed by atoms with Crippen molar-refractivity contribution in [1.82, 2.24) is 0 Å². The SMILES string of the molecule is COC(=O)c1ccc2oc(N3CCOCC3)cc(=O)c2c1. The highest BCUT2D eigenvalue weighted by molar-refractivity contribution is 5.94. The summed E-state index contributed by atoms with van der Waals surface area (Å²) < 4.78 is 15.7. The molecule has 3 rings (SSSR count). The Bertz CT molecular complexity index is 730. The van der Waals surface area contributed by atoms with Crippen molar-refractivity contribution < 1.29 is 18.7 Å². The minimum absolute atomic E-state index is 0.177. The molecule has 1 aromatic carbocycles. The van der Waals surface area contributed by atoms with Crippen molar-refractivity contribution >= 4 is 22.8 Å². The van der Waals surface area contributed by atoms with Gasteiger partial charge in [0.05, 0.1) is 31.3 Å². The predicted molar refractivity (Wildman–Crippen MR) is 76.9 cm³/mol. The largest absolute Gasteiger partial charge is 0.465 e. The van der Waals surface area contributed by atoms with Crippen molar-refractivity contribution in [3.8, 4) is 0 Å². The highest BCUT2D eigenvalue weighted by Crippen LogP contribution is 2.21. The Hall–Kier alpha value is -2.34. The number of ether oxygens (including phenoxy) is 2. The van der Waals surface area contributed by atoms with E-state index in [0.29, 0.717) is 48.7 Å².